The van der Waals surface area contributed by atoms with Crippen LogP contribution in [0.1, 0.15) is 27.2 Å². The van der Waals surface area contributed by atoms with Gasteiger partial charge >= 0.3 is 0 Å². The van der Waals surface area contributed by atoms with Gasteiger partial charge in [0.25, 0.3) is 5.66 Å². The average Bonchev–Trinajstić information content (AvgIpc) is 1.84. The molecule has 11 heavy (non-hydrogen) atoms. The number of rotatable bonds is 3. The SMILES string of the molecule is [B]C(C(F)(F)P)C(C)(C)CC. The molecule has 0 aliphatic heterocycles. The fourth-order valence-corrected chi connectivity index (χ4v) is 1.19. The summed E-state index contributed by atoms with van der Waals surface area (Å²) in [7, 11) is 6.86. The lowest BCUT2D eigenvalue weighted by Gasteiger charge is -2.34. The summed E-state index contributed by atoms with van der Waals surface area (Å²) >= 11 is 0. The average molecular weight is 178 g/mol. The van der Waals surface area contributed by atoms with E-state index >= 15 is 0 Å². The van der Waals surface area contributed by atoms with Crippen molar-refractivity contribution in [3.63, 3.8) is 0 Å². The Kier molecular flexibility index (Phi) is 3.50. The second kappa shape index (κ2) is 3.39. The number of alkyl halides is 2. The molecule has 0 bridgehead atoms. The monoisotopic (exact) mass is 178 g/mol. The quantitative estimate of drug-likeness (QED) is 0.460. The van der Waals surface area contributed by atoms with Crippen LogP contribution in [0, 0.1) is 5.41 Å². The molecule has 2 radical (unpaired) electrons. The molecule has 0 aromatic heterocycles. The van der Waals surface area contributed by atoms with Crippen LogP contribution in [0.5, 0.6) is 0 Å². The summed E-state index contributed by atoms with van der Waals surface area (Å²) in [4.78, 5) is 0. The van der Waals surface area contributed by atoms with Crippen molar-refractivity contribution >= 4 is 17.1 Å². The maximum Gasteiger partial charge on any atom is 0.254 e. The molecule has 0 rings (SSSR count). The van der Waals surface area contributed by atoms with Crippen LogP contribution in [0.15, 0.2) is 0 Å². The van der Waals surface area contributed by atoms with E-state index in [2.05, 4.69) is 0 Å². The zero-order valence-electron chi connectivity index (χ0n) is 7.20. The highest BCUT2D eigenvalue weighted by Crippen LogP contribution is 2.46. The predicted octanol–water partition coefficient (Wildman–Crippen LogP) is 2.85. The first-order valence-corrected chi connectivity index (χ1v) is 4.22. The highest BCUT2D eigenvalue weighted by Gasteiger charge is 2.39. The fraction of sp³-hybridized carbons (Fsp3) is 1.00. The van der Waals surface area contributed by atoms with Crippen LogP contribution in [0.25, 0.3) is 0 Å². The summed E-state index contributed by atoms with van der Waals surface area (Å²) < 4.78 is 25.3. The van der Waals surface area contributed by atoms with Gasteiger partial charge in [0.15, 0.2) is 0 Å². The van der Waals surface area contributed by atoms with E-state index in [0.29, 0.717) is 6.42 Å². The minimum absolute atomic E-state index is 0.509. The lowest BCUT2D eigenvalue weighted by Crippen LogP contribution is -2.29. The Morgan fingerprint density at radius 2 is 1.82 bits per heavy atom. The van der Waals surface area contributed by atoms with Gasteiger partial charge in [0.1, 0.15) is 0 Å². The van der Waals surface area contributed by atoms with Gasteiger partial charge in [0.05, 0.1) is 7.85 Å². The molecule has 2 unspecified atom stereocenters. The third kappa shape index (κ3) is 3.07. The molecule has 0 N–H and O–H groups in total. The van der Waals surface area contributed by atoms with Crippen LogP contribution >= 0.6 is 9.24 Å². The molecular weight excluding hydrogens is 164 g/mol. The lowest BCUT2D eigenvalue weighted by atomic mass is 9.66. The molecule has 0 heterocycles. The Balaban J connectivity index is 4.35. The van der Waals surface area contributed by atoms with Crippen LogP contribution < -0.4 is 0 Å². The summed E-state index contributed by atoms with van der Waals surface area (Å²) in [6.45, 7) is 5.35. The Bertz CT molecular complexity index is 131. The van der Waals surface area contributed by atoms with Crippen molar-refractivity contribution in [2.24, 2.45) is 5.41 Å². The van der Waals surface area contributed by atoms with Crippen molar-refractivity contribution in [2.45, 2.75) is 38.7 Å². The lowest BCUT2D eigenvalue weighted by molar-refractivity contribution is 0.0506. The molecule has 0 nitrogen and oxygen atoms in total. The first kappa shape index (κ1) is 11.4. The zero-order valence-corrected chi connectivity index (χ0v) is 8.35. The molecule has 64 valence electrons. The Morgan fingerprint density at radius 3 is 1.91 bits per heavy atom. The largest absolute Gasteiger partial charge is 0.254 e. The number of hydrogen-bond donors (Lipinski definition) is 0. The van der Waals surface area contributed by atoms with Gasteiger partial charge in [-0.05, 0) is 11.2 Å². The normalized spacial score (nSPS) is 16.5. The summed E-state index contributed by atoms with van der Waals surface area (Å²) in [6, 6.07) is 0. The molecule has 0 aliphatic carbocycles. The maximum absolute atomic E-state index is 12.6. The highest BCUT2D eigenvalue weighted by atomic mass is 31.0. The molecule has 2 atom stereocenters. The second-order valence-electron chi connectivity index (χ2n) is 3.49. The molecule has 0 amide bonds. The smallest absolute Gasteiger partial charge is 0.203 e. The molecular formula is C7H14BF2P. The van der Waals surface area contributed by atoms with Gasteiger partial charge in [-0.15, -0.1) is 0 Å². The van der Waals surface area contributed by atoms with Gasteiger partial charge in [-0.3, -0.25) is 0 Å². The fourth-order valence-electron chi connectivity index (χ4n) is 0.741. The molecule has 0 fully saturated rings. The van der Waals surface area contributed by atoms with E-state index in [-0.39, 0.29) is 0 Å². The van der Waals surface area contributed by atoms with Crippen molar-refractivity contribution in [3.05, 3.63) is 0 Å². The summed E-state index contributed by atoms with van der Waals surface area (Å²) in [5, 5.41) is 0. The van der Waals surface area contributed by atoms with Crippen LogP contribution in [-0.2, 0) is 0 Å². The molecule has 0 aliphatic rings. The van der Waals surface area contributed by atoms with Crippen molar-refractivity contribution in [3.8, 4) is 0 Å². The predicted molar refractivity (Wildman–Crippen MR) is 48.2 cm³/mol. The van der Waals surface area contributed by atoms with Crippen molar-refractivity contribution < 1.29 is 8.78 Å². The van der Waals surface area contributed by atoms with E-state index in [0.717, 1.165) is 0 Å². The zero-order chi connectivity index (χ0) is 9.28. The summed E-state index contributed by atoms with van der Waals surface area (Å²) in [5.74, 6) is -1.09. The van der Waals surface area contributed by atoms with Gasteiger partial charge in [0, 0.05) is 0 Å². The first-order chi connectivity index (χ1) is 4.72. The van der Waals surface area contributed by atoms with E-state index in [4.69, 9.17) is 7.85 Å². The Hall–Kier alpha value is 0.355. The molecule has 4 heteroatoms. The topological polar surface area (TPSA) is 0 Å². The Labute approximate surface area is 70.7 Å². The summed E-state index contributed by atoms with van der Waals surface area (Å²) in [5.41, 5.74) is -3.37. The highest BCUT2D eigenvalue weighted by molar-refractivity contribution is 7.18. The van der Waals surface area contributed by atoms with Crippen molar-refractivity contribution in [1.82, 2.24) is 0 Å². The van der Waals surface area contributed by atoms with E-state index in [9.17, 15) is 8.78 Å². The molecule has 0 saturated carbocycles. The first-order valence-electron chi connectivity index (χ1n) is 3.64. The van der Waals surface area contributed by atoms with Gasteiger partial charge < -0.3 is 0 Å². The number of hydrogen-bond acceptors (Lipinski definition) is 0. The van der Waals surface area contributed by atoms with E-state index in [1.807, 2.05) is 6.92 Å². The second-order valence-corrected chi connectivity index (χ2v) is 4.26. The molecule has 0 saturated heterocycles. The standard InChI is InChI=1S/C7H14BF2P/c1-4-6(2,3)5(8)7(9,10)11/h5H,4,11H2,1-3H3. The molecule has 0 aromatic rings. The van der Waals surface area contributed by atoms with E-state index < -0.39 is 16.9 Å². The van der Waals surface area contributed by atoms with E-state index in [1.165, 1.54) is 9.24 Å². The van der Waals surface area contributed by atoms with Gasteiger partial charge in [-0.2, -0.15) is 0 Å². The Morgan fingerprint density at radius 1 is 1.45 bits per heavy atom. The van der Waals surface area contributed by atoms with Crippen molar-refractivity contribution in [2.75, 3.05) is 0 Å². The van der Waals surface area contributed by atoms with Crippen LogP contribution in [-0.4, -0.2) is 13.5 Å². The van der Waals surface area contributed by atoms with Gasteiger partial charge in [0.2, 0.25) is 0 Å². The minimum atomic E-state index is -2.86. The molecule has 0 aromatic carbocycles. The van der Waals surface area contributed by atoms with Crippen LogP contribution in [0.3, 0.4) is 0 Å². The number of halogens is 2. The summed E-state index contributed by atoms with van der Waals surface area (Å²) in [6.07, 6.45) is 0.651. The minimum Gasteiger partial charge on any atom is -0.203 e. The maximum atomic E-state index is 12.6. The van der Waals surface area contributed by atoms with Gasteiger partial charge in [-0.25, -0.2) is 8.78 Å². The van der Waals surface area contributed by atoms with Crippen LogP contribution in [0.2, 0.25) is 5.82 Å². The van der Waals surface area contributed by atoms with Crippen molar-refractivity contribution in [1.29, 1.82) is 0 Å². The third-order valence-electron chi connectivity index (χ3n) is 2.17. The molecule has 0 spiro atoms. The third-order valence-corrected chi connectivity index (χ3v) is 2.53. The van der Waals surface area contributed by atoms with Crippen LogP contribution in [0.4, 0.5) is 8.78 Å². The van der Waals surface area contributed by atoms with Gasteiger partial charge in [-0.1, -0.05) is 36.4 Å². The van der Waals surface area contributed by atoms with E-state index in [1.54, 1.807) is 13.8 Å².